The number of rotatable bonds is 6. The summed E-state index contributed by atoms with van der Waals surface area (Å²) in [5, 5.41) is 5.88. The van der Waals surface area contributed by atoms with Crippen LogP contribution in [0.5, 0.6) is 0 Å². The number of aromatic nitrogens is 1. The normalized spacial score (nSPS) is 15.2. The fourth-order valence-corrected chi connectivity index (χ4v) is 3.07. The third-order valence-corrected chi connectivity index (χ3v) is 4.60. The number of anilines is 1. The zero-order chi connectivity index (χ0) is 17.5. The largest absolute Gasteiger partial charge is 0.369 e. The zero-order valence-corrected chi connectivity index (χ0v) is 14.8. The molecule has 0 aliphatic carbocycles. The number of carbonyl (C=O) groups is 1. The first-order valence-corrected chi connectivity index (χ1v) is 8.86. The maximum Gasteiger partial charge on any atom is 0.315 e. The number of hydrogen-bond donors (Lipinski definition) is 2. The van der Waals surface area contributed by atoms with Crippen molar-refractivity contribution in [3.8, 4) is 0 Å². The minimum absolute atomic E-state index is 0.125. The van der Waals surface area contributed by atoms with Crippen molar-refractivity contribution in [2.45, 2.75) is 13.1 Å². The number of nitrogens with one attached hydrogen (secondary N) is 2. The van der Waals surface area contributed by atoms with Gasteiger partial charge in [0, 0.05) is 63.9 Å². The van der Waals surface area contributed by atoms with Gasteiger partial charge in [-0.05, 0) is 30.8 Å². The van der Waals surface area contributed by atoms with E-state index in [1.54, 1.807) is 0 Å². The Kier molecular flexibility index (Phi) is 5.95. The quantitative estimate of drug-likeness (QED) is 0.841. The molecule has 2 amide bonds. The molecule has 2 heterocycles. The number of urea groups is 1. The van der Waals surface area contributed by atoms with Gasteiger partial charge in [0.15, 0.2) is 0 Å². The van der Waals surface area contributed by atoms with Crippen molar-refractivity contribution in [1.29, 1.82) is 0 Å². The van der Waals surface area contributed by atoms with Gasteiger partial charge in [-0.25, -0.2) is 4.79 Å². The van der Waals surface area contributed by atoms with Crippen LogP contribution >= 0.6 is 0 Å². The van der Waals surface area contributed by atoms with E-state index in [4.69, 9.17) is 0 Å². The number of carbonyl (C=O) groups excluding carboxylic acids is 1. The van der Waals surface area contributed by atoms with Crippen LogP contribution in [0, 0.1) is 0 Å². The van der Waals surface area contributed by atoms with Crippen molar-refractivity contribution >= 4 is 11.7 Å². The van der Waals surface area contributed by atoms with Gasteiger partial charge in [-0.2, -0.15) is 0 Å². The fourth-order valence-electron chi connectivity index (χ4n) is 3.07. The minimum Gasteiger partial charge on any atom is -0.369 e. The Balaban J connectivity index is 1.48. The lowest BCUT2D eigenvalue weighted by Gasteiger charge is -2.35. The van der Waals surface area contributed by atoms with Crippen LogP contribution in [0.1, 0.15) is 5.56 Å². The molecule has 1 fully saturated rings. The highest BCUT2D eigenvalue weighted by Gasteiger charge is 2.16. The van der Waals surface area contributed by atoms with Crippen LogP contribution in [-0.2, 0) is 13.1 Å². The van der Waals surface area contributed by atoms with Crippen molar-refractivity contribution < 1.29 is 4.79 Å². The third-order valence-electron chi connectivity index (χ3n) is 4.60. The van der Waals surface area contributed by atoms with Crippen molar-refractivity contribution in [1.82, 2.24) is 20.1 Å². The van der Waals surface area contributed by atoms with Crippen LogP contribution in [-0.4, -0.2) is 55.3 Å². The second-order valence-corrected chi connectivity index (χ2v) is 6.45. The van der Waals surface area contributed by atoms with Gasteiger partial charge in [0.05, 0.1) is 0 Å². The Morgan fingerprint density at radius 1 is 1.00 bits per heavy atom. The summed E-state index contributed by atoms with van der Waals surface area (Å²) in [4.78, 5) is 16.8. The highest BCUT2D eigenvalue weighted by atomic mass is 16.2. The Labute approximate surface area is 149 Å². The molecule has 2 N–H and O–H groups in total. The summed E-state index contributed by atoms with van der Waals surface area (Å²) in [5.74, 6) is 0. The maximum atomic E-state index is 12.0. The summed E-state index contributed by atoms with van der Waals surface area (Å²) in [6, 6.07) is 12.2. The first kappa shape index (κ1) is 17.4. The molecule has 1 saturated heterocycles. The summed E-state index contributed by atoms with van der Waals surface area (Å²) in [6.45, 7) is 6.12. The number of hydrogen-bond acceptors (Lipinski definition) is 3. The smallest absolute Gasteiger partial charge is 0.315 e. The van der Waals surface area contributed by atoms with Crippen molar-refractivity contribution in [2.24, 2.45) is 0 Å². The SMILES string of the molecule is CN1CCN(c2ccccc2CNC(=O)NCCn2cccc2)CC1. The van der Waals surface area contributed by atoms with Gasteiger partial charge in [0.25, 0.3) is 0 Å². The zero-order valence-electron chi connectivity index (χ0n) is 14.8. The van der Waals surface area contributed by atoms with E-state index in [1.165, 1.54) is 5.69 Å². The fraction of sp³-hybridized carbons (Fsp3) is 0.421. The van der Waals surface area contributed by atoms with Crippen molar-refractivity contribution in [3.05, 3.63) is 54.4 Å². The number of likely N-dealkylation sites (N-methyl/N-ethyl adjacent to an activating group) is 1. The van der Waals surface area contributed by atoms with Crippen molar-refractivity contribution in [3.63, 3.8) is 0 Å². The molecule has 2 aromatic rings. The van der Waals surface area contributed by atoms with Crippen LogP contribution in [0.25, 0.3) is 0 Å². The molecule has 1 aliphatic rings. The van der Waals surface area contributed by atoms with Gasteiger partial charge in [0.1, 0.15) is 0 Å². The molecule has 134 valence electrons. The van der Waals surface area contributed by atoms with E-state index in [0.717, 1.165) is 38.3 Å². The Bertz CT molecular complexity index is 662. The Morgan fingerprint density at radius 3 is 2.48 bits per heavy atom. The number of para-hydroxylation sites is 1. The van der Waals surface area contributed by atoms with E-state index in [-0.39, 0.29) is 6.03 Å². The molecule has 1 aromatic carbocycles. The van der Waals surface area contributed by atoms with Crippen molar-refractivity contribution in [2.75, 3.05) is 44.7 Å². The van der Waals surface area contributed by atoms with Crippen LogP contribution < -0.4 is 15.5 Å². The molecular formula is C19H27N5O. The molecule has 3 rings (SSSR count). The maximum absolute atomic E-state index is 12.0. The van der Waals surface area contributed by atoms with Crippen LogP contribution in [0.4, 0.5) is 10.5 Å². The Hall–Kier alpha value is -2.47. The summed E-state index contributed by atoms with van der Waals surface area (Å²) in [7, 11) is 2.16. The molecule has 1 aromatic heterocycles. The second kappa shape index (κ2) is 8.58. The lowest BCUT2D eigenvalue weighted by atomic mass is 10.1. The predicted molar refractivity (Wildman–Crippen MR) is 101 cm³/mol. The van der Waals surface area contributed by atoms with Crippen LogP contribution in [0.2, 0.25) is 0 Å². The topological polar surface area (TPSA) is 52.5 Å². The highest BCUT2D eigenvalue weighted by molar-refractivity contribution is 5.74. The van der Waals surface area contributed by atoms with Crippen LogP contribution in [0.3, 0.4) is 0 Å². The summed E-state index contributed by atoms with van der Waals surface area (Å²) in [6.07, 6.45) is 3.98. The van der Waals surface area contributed by atoms with Gasteiger partial charge in [-0.15, -0.1) is 0 Å². The summed E-state index contributed by atoms with van der Waals surface area (Å²) in [5.41, 5.74) is 2.39. The van der Waals surface area contributed by atoms with E-state index in [1.807, 2.05) is 35.2 Å². The average molecular weight is 341 g/mol. The van der Waals surface area contributed by atoms with E-state index < -0.39 is 0 Å². The monoisotopic (exact) mass is 341 g/mol. The molecule has 0 saturated carbocycles. The van der Waals surface area contributed by atoms with E-state index in [9.17, 15) is 4.79 Å². The van der Waals surface area contributed by atoms with E-state index >= 15 is 0 Å². The molecule has 25 heavy (non-hydrogen) atoms. The average Bonchev–Trinajstić information content (AvgIpc) is 3.14. The standard InChI is InChI=1S/C19H27N5O/c1-22-12-14-24(15-13-22)18-7-3-2-6-17(18)16-21-19(25)20-8-11-23-9-4-5-10-23/h2-7,9-10H,8,11-16H2,1H3,(H2,20,21,25). The van der Waals surface area contributed by atoms with Gasteiger partial charge < -0.3 is 25.0 Å². The number of nitrogens with zero attached hydrogens (tertiary/aromatic N) is 3. The number of amides is 2. The van der Waals surface area contributed by atoms with Crippen LogP contribution in [0.15, 0.2) is 48.8 Å². The lowest BCUT2D eigenvalue weighted by molar-refractivity contribution is 0.240. The van der Waals surface area contributed by atoms with Gasteiger partial charge in [-0.1, -0.05) is 18.2 Å². The Morgan fingerprint density at radius 2 is 1.72 bits per heavy atom. The third kappa shape index (κ3) is 5.00. The summed E-state index contributed by atoms with van der Waals surface area (Å²) >= 11 is 0. The van der Waals surface area contributed by atoms with E-state index in [2.05, 4.69) is 45.7 Å². The molecular weight excluding hydrogens is 314 g/mol. The minimum atomic E-state index is -0.125. The molecule has 1 aliphatic heterocycles. The summed E-state index contributed by atoms with van der Waals surface area (Å²) < 4.78 is 2.04. The molecule has 0 radical (unpaired) electrons. The molecule has 0 unspecified atom stereocenters. The predicted octanol–water partition coefficient (Wildman–Crippen LogP) is 1.74. The first-order chi connectivity index (χ1) is 12.2. The molecule has 0 bridgehead atoms. The first-order valence-electron chi connectivity index (χ1n) is 8.86. The van der Waals surface area contributed by atoms with Gasteiger partial charge in [0.2, 0.25) is 0 Å². The number of piperazine rings is 1. The highest BCUT2D eigenvalue weighted by Crippen LogP contribution is 2.21. The van der Waals surface area contributed by atoms with Gasteiger partial charge in [-0.3, -0.25) is 0 Å². The molecule has 0 spiro atoms. The molecule has 6 heteroatoms. The molecule has 6 nitrogen and oxygen atoms in total. The van der Waals surface area contributed by atoms with Gasteiger partial charge >= 0.3 is 6.03 Å². The lowest BCUT2D eigenvalue weighted by Crippen LogP contribution is -2.45. The second-order valence-electron chi connectivity index (χ2n) is 6.45. The number of benzene rings is 1. The molecule has 0 atom stereocenters. The van der Waals surface area contributed by atoms with E-state index in [0.29, 0.717) is 13.1 Å².